The van der Waals surface area contributed by atoms with E-state index in [1.165, 1.54) is 25.3 Å². The van der Waals surface area contributed by atoms with Gasteiger partial charge in [0.05, 0.1) is 12.8 Å². The number of ether oxygens (including phenoxy) is 3. The number of barbiturate groups is 1. The zero-order valence-electron chi connectivity index (χ0n) is 22.3. The van der Waals surface area contributed by atoms with Crippen LogP contribution in [0.25, 0.3) is 6.08 Å². The van der Waals surface area contributed by atoms with Gasteiger partial charge in [-0.25, -0.2) is 14.1 Å². The zero-order chi connectivity index (χ0) is 29.6. The van der Waals surface area contributed by atoms with Gasteiger partial charge in [0.1, 0.15) is 41.9 Å². The van der Waals surface area contributed by atoms with Gasteiger partial charge in [-0.05, 0) is 77.9 Å². The predicted octanol–water partition coefficient (Wildman–Crippen LogP) is 6.42. The molecular weight excluding hydrogens is 607 g/mol. The maximum Gasteiger partial charge on any atom is 0.335 e. The van der Waals surface area contributed by atoms with Crippen LogP contribution in [0.15, 0.2) is 101 Å². The van der Waals surface area contributed by atoms with Crippen molar-refractivity contribution in [1.29, 1.82) is 0 Å². The molecule has 0 saturated carbocycles. The van der Waals surface area contributed by atoms with Gasteiger partial charge in [0.2, 0.25) is 0 Å². The number of carbonyl (C=O) groups is 3. The first-order valence-corrected chi connectivity index (χ1v) is 13.5. The molecule has 5 rings (SSSR count). The van der Waals surface area contributed by atoms with Gasteiger partial charge in [0.15, 0.2) is 0 Å². The van der Waals surface area contributed by atoms with Crippen LogP contribution in [0, 0.1) is 5.82 Å². The molecule has 1 aliphatic rings. The number of benzene rings is 4. The number of amides is 4. The molecule has 0 radical (unpaired) electrons. The first-order valence-electron chi connectivity index (χ1n) is 12.7. The van der Waals surface area contributed by atoms with E-state index in [2.05, 4.69) is 21.2 Å². The highest BCUT2D eigenvalue weighted by Gasteiger charge is 2.37. The summed E-state index contributed by atoms with van der Waals surface area (Å²) in [6.07, 6.45) is 1.35. The molecule has 8 nitrogen and oxygen atoms in total. The predicted molar refractivity (Wildman–Crippen MR) is 158 cm³/mol. The fourth-order valence-corrected chi connectivity index (χ4v) is 4.38. The van der Waals surface area contributed by atoms with E-state index >= 15 is 0 Å². The van der Waals surface area contributed by atoms with Crippen molar-refractivity contribution in [2.24, 2.45) is 0 Å². The van der Waals surface area contributed by atoms with Crippen molar-refractivity contribution in [1.82, 2.24) is 5.32 Å². The quantitative estimate of drug-likeness (QED) is 0.169. The van der Waals surface area contributed by atoms with Crippen LogP contribution in [0.5, 0.6) is 17.2 Å². The lowest BCUT2D eigenvalue weighted by Crippen LogP contribution is -2.54. The van der Waals surface area contributed by atoms with Gasteiger partial charge in [-0.1, -0.05) is 40.2 Å². The molecule has 0 spiro atoms. The minimum Gasteiger partial charge on any atom is -0.497 e. The molecule has 1 heterocycles. The molecule has 1 fully saturated rings. The van der Waals surface area contributed by atoms with E-state index in [1.54, 1.807) is 54.6 Å². The third-order valence-electron chi connectivity index (χ3n) is 6.34. The summed E-state index contributed by atoms with van der Waals surface area (Å²) in [5.41, 5.74) is 2.09. The third-order valence-corrected chi connectivity index (χ3v) is 6.87. The maximum absolute atomic E-state index is 13.5. The van der Waals surface area contributed by atoms with Crippen molar-refractivity contribution < 1.29 is 33.0 Å². The average Bonchev–Trinajstić information content (AvgIpc) is 2.99. The Kier molecular flexibility index (Phi) is 8.63. The Balaban J connectivity index is 1.36. The fraction of sp³-hybridized carbons (Fsp3) is 0.0938. The van der Waals surface area contributed by atoms with E-state index in [0.717, 1.165) is 14.9 Å². The van der Waals surface area contributed by atoms with Crippen LogP contribution >= 0.6 is 15.9 Å². The Morgan fingerprint density at radius 3 is 2.10 bits per heavy atom. The fourth-order valence-electron chi connectivity index (χ4n) is 4.11. The second-order valence-electron chi connectivity index (χ2n) is 9.19. The number of urea groups is 1. The van der Waals surface area contributed by atoms with Crippen molar-refractivity contribution in [3.63, 3.8) is 0 Å². The van der Waals surface area contributed by atoms with Crippen molar-refractivity contribution in [2.45, 2.75) is 13.2 Å². The molecule has 0 bridgehead atoms. The van der Waals surface area contributed by atoms with Crippen molar-refractivity contribution in [2.75, 3.05) is 12.0 Å². The lowest BCUT2D eigenvalue weighted by atomic mass is 10.1. The molecule has 0 aliphatic carbocycles. The second-order valence-corrected chi connectivity index (χ2v) is 10.1. The number of methoxy groups -OCH3 is 1. The molecule has 42 heavy (non-hydrogen) atoms. The van der Waals surface area contributed by atoms with Crippen LogP contribution in [0.2, 0.25) is 0 Å². The smallest absolute Gasteiger partial charge is 0.335 e. The van der Waals surface area contributed by atoms with Crippen molar-refractivity contribution in [3.8, 4) is 17.2 Å². The van der Waals surface area contributed by atoms with Gasteiger partial charge in [-0.2, -0.15) is 0 Å². The summed E-state index contributed by atoms with van der Waals surface area (Å²) >= 11 is 3.40. The minimum absolute atomic E-state index is 0.102. The van der Waals surface area contributed by atoms with Crippen LogP contribution in [0.3, 0.4) is 0 Å². The zero-order valence-corrected chi connectivity index (χ0v) is 23.9. The monoisotopic (exact) mass is 630 g/mol. The van der Waals surface area contributed by atoms with Gasteiger partial charge in [-0.15, -0.1) is 0 Å². The summed E-state index contributed by atoms with van der Waals surface area (Å²) in [5.74, 6) is -0.648. The molecule has 10 heteroatoms. The molecule has 4 aromatic rings. The first kappa shape index (κ1) is 28.6. The summed E-state index contributed by atoms with van der Waals surface area (Å²) < 4.78 is 31.3. The normalized spacial score (nSPS) is 14.1. The van der Waals surface area contributed by atoms with E-state index in [9.17, 15) is 18.8 Å². The van der Waals surface area contributed by atoms with Crippen LogP contribution in [0.4, 0.5) is 14.9 Å². The van der Waals surface area contributed by atoms with Crippen LogP contribution in [0.1, 0.15) is 16.7 Å². The summed E-state index contributed by atoms with van der Waals surface area (Å²) in [7, 11) is 1.50. The van der Waals surface area contributed by atoms with Gasteiger partial charge < -0.3 is 14.2 Å². The lowest BCUT2D eigenvalue weighted by Gasteiger charge is -2.26. The molecule has 0 aromatic heterocycles. The Morgan fingerprint density at radius 1 is 0.810 bits per heavy atom. The number of carbonyl (C=O) groups excluding carboxylic acids is 3. The number of nitrogens with zero attached hydrogens (tertiary/aromatic N) is 1. The third kappa shape index (κ3) is 6.67. The minimum atomic E-state index is -0.867. The molecule has 1 aliphatic heterocycles. The summed E-state index contributed by atoms with van der Waals surface area (Å²) in [5, 5.41) is 2.22. The highest BCUT2D eigenvalue weighted by Crippen LogP contribution is 2.30. The van der Waals surface area contributed by atoms with E-state index in [0.29, 0.717) is 35.0 Å². The maximum atomic E-state index is 13.5. The topological polar surface area (TPSA) is 94.2 Å². The van der Waals surface area contributed by atoms with Gasteiger partial charge in [0.25, 0.3) is 11.8 Å². The van der Waals surface area contributed by atoms with E-state index in [4.69, 9.17) is 14.2 Å². The number of imide groups is 2. The highest BCUT2D eigenvalue weighted by molar-refractivity contribution is 9.10. The van der Waals surface area contributed by atoms with E-state index in [-0.39, 0.29) is 23.7 Å². The Hall–Kier alpha value is -4.96. The molecule has 0 atom stereocenters. The molecule has 0 unspecified atom stereocenters. The average molecular weight is 631 g/mol. The molecule has 4 amide bonds. The number of hydrogen-bond donors (Lipinski definition) is 1. The molecule has 212 valence electrons. The SMILES string of the molecule is COc1ccc(/C=C2\C(=O)NC(=O)N(c3ccc(OCc4ccc(Br)cc4)cc3)C2=O)c(OCc2ccc(F)cc2)c1. The number of nitrogens with one attached hydrogen (secondary N) is 1. The first-order chi connectivity index (χ1) is 20.3. The highest BCUT2D eigenvalue weighted by atomic mass is 79.9. The Morgan fingerprint density at radius 2 is 1.43 bits per heavy atom. The van der Waals surface area contributed by atoms with Crippen molar-refractivity contribution >= 4 is 45.5 Å². The van der Waals surface area contributed by atoms with Crippen LogP contribution in [-0.4, -0.2) is 25.0 Å². The summed E-state index contributed by atoms with van der Waals surface area (Å²) in [6.45, 7) is 0.440. The Bertz CT molecular complexity index is 1650. The lowest BCUT2D eigenvalue weighted by molar-refractivity contribution is -0.122. The molecule has 1 saturated heterocycles. The van der Waals surface area contributed by atoms with E-state index in [1.807, 2.05) is 24.3 Å². The largest absolute Gasteiger partial charge is 0.497 e. The van der Waals surface area contributed by atoms with Crippen molar-refractivity contribution in [3.05, 3.63) is 124 Å². The number of halogens is 2. The Labute approximate surface area is 249 Å². The summed E-state index contributed by atoms with van der Waals surface area (Å²) in [6, 6.07) is 24.0. The molecular formula is C32H24BrFN2O6. The van der Waals surface area contributed by atoms with Gasteiger partial charge >= 0.3 is 6.03 Å². The number of hydrogen-bond acceptors (Lipinski definition) is 6. The van der Waals surface area contributed by atoms with Gasteiger partial charge in [0, 0.05) is 16.1 Å². The second kappa shape index (κ2) is 12.7. The molecule has 1 N–H and O–H groups in total. The van der Waals surface area contributed by atoms with Crippen LogP contribution < -0.4 is 24.4 Å². The van der Waals surface area contributed by atoms with Gasteiger partial charge in [-0.3, -0.25) is 14.9 Å². The molecule has 4 aromatic carbocycles. The van der Waals surface area contributed by atoms with Crippen LogP contribution in [-0.2, 0) is 22.8 Å². The standard InChI is InChI=1S/C32H24BrFN2O6/c1-40-27-13-6-22(29(17-27)42-19-21-4-9-24(34)10-5-21)16-28-30(37)35-32(39)36(31(28)38)25-11-14-26(15-12-25)41-18-20-2-7-23(33)8-3-20/h2-17H,18-19H2,1H3,(H,35,37,39)/b28-16+. The number of anilines is 1. The van der Waals surface area contributed by atoms with E-state index < -0.39 is 17.8 Å². The number of rotatable bonds is 9. The summed E-state index contributed by atoms with van der Waals surface area (Å²) in [4.78, 5) is 39.8.